The SMILES string of the molecule is CC=CC(=O)OCCC[C](OC)OC. The van der Waals surface area contributed by atoms with Crippen molar-refractivity contribution in [1.82, 2.24) is 0 Å². The molecule has 0 aromatic rings. The first-order chi connectivity index (χ1) is 6.74. The molecule has 14 heavy (non-hydrogen) atoms. The Balaban J connectivity index is 3.41. The Bertz CT molecular complexity index is 173. The van der Waals surface area contributed by atoms with Gasteiger partial charge in [-0.1, -0.05) is 6.08 Å². The highest BCUT2D eigenvalue weighted by Crippen LogP contribution is 2.09. The van der Waals surface area contributed by atoms with Crippen LogP contribution in [0.1, 0.15) is 19.8 Å². The molecule has 0 fully saturated rings. The predicted octanol–water partition coefficient (Wildman–Crippen LogP) is 1.67. The van der Waals surface area contributed by atoms with Crippen LogP contribution >= 0.6 is 0 Å². The molecule has 0 atom stereocenters. The first-order valence-corrected chi connectivity index (χ1v) is 4.47. The van der Waals surface area contributed by atoms with Crippen molar-refractivity contribution >= 4 is 5.97 Å². The van der Waals surface area contributed by atoms with E-state index in [2.05, 4.69) is 0 Å². The number of esters is 1. The lowest BCUT2D eigenvalue weighted by Gasteiger charge is -2.10. The van der Waals surface area contributed by atoms with Crippen molar-refractivity contribution in [3.63, 3.8) is 0 Å². The summed E-state index contributed by atoms with van der Waals surface area (Å²) in [7, 11) is 3.09. The fourth-order valence-electron chi connectivity index (χ4n) is 0.861. The van der Waals surface area contributed by atoms with Crippen molar-refractivity contribution in [2.45, 2.75) is 19.8 Å². The standard InChI is InChI=1S/C10H17O4/c1-4-6-9(11)14-8-5-7-10(12-2)13-3/h4,6H,5,7-8H2,1-3H3. The summed E-state index contributed by atoms with van der Waals surface area (Å²) in [4.78, 5) is 10.8. The van der Waals surface area contributed by atoms with Crippen molar-refractivity contribution in [2.24, 2.45) is 0 Å². The van der Waals surface area contributed by atoms with E-state index in [9.17, 15) is 4.79 Å². The second-order valence-corrected chi connectivity index (χ2v) is 2.55. The van der Waals surface area contributed by atoms with Gasteiger partial charge in [0.25, 0.3) is 0 Å². The van der Waals surface area contributed by atoms with Crippen LogP contribution in [0.3, 0.4) is 0 Å². The van der Waals surface area contributed by atoms with Gasteiger partial charge >= 0.3 is 5.97 Å². The van der Waals surface area contributed by atoms with Crippen LogP contribution in [0.15, 0.2) is 12.2 Å². The van der Waals surface area contributed by atoms with Crippen LogP contribution in [0.25, 0.3) is 0 Å². The largest absolute Gasteiger partial charge is 0.463 e. The summed E-state index contributed by atoms with van der Waals surface area (Å²) in [5.41, 5.74) is 0. The van der Waals surface area contributed by atoms with Gasteiger partial charge in [0, 0.05) is 26.7 Å². The molecule has 0 saturated carbocycles. The van der Waals surface area contributed by atoms with Crippen molar-refractivity contribution in [1.29, 1.82) is 0 Å². The maximum absolute atomic E-state index is 10.8. The molecule has 1 radical (unpaired) electrons. The highest BCUT2D eigenvalue weighted by atomic mass is 16.7. The van der Waals surface area contributed by atoms with Gasteiger partial charge in [0.15, 0.2) is 0 Å². The van der Waals surface area contributed by atoms with Gasteiger partial charge in [0.1, 0.15) is 0 Å². The molecule has 4 nitrogen and oxygen atoms in total. The molecular weight excluding hydrogens is 184 g/mol. The van der Waals surface area contributed by atoms with Crippen molar-refractivity contribution in [3.8, 4) is 0 Å². The number of rotatable bonds is 7. The van der Waals surface area contributed by atoms with E-state index in [4.69, 9.17) is 14.2 Å². The van der Waals surface area contributed by atoms with Gasteiger partial charge < -0.3 is 14.2 Å². The lowest BCUT2D eigenvalue weighted by atomic mass is 10.3. The monoisotopic (exact) mass is 201 g/mol. The summed E-state index contributed by atoms with van der Waals surface area (Å²) in [6, 6.07) is 0. The van der Waals surface area contributed by atoms with E-state index in [0.29, 0.717) is 25.7 Å². The number of hydrogen-bond donors (Lipinski definition) is 0. The average molecular weight is 201 g/mol. The Kier molecular flexibility index (Phi) is 8.17. The minimum atomic E-state index is -0.316. The van der Waals surface area contributed by atoms with E-state index in [1.165, 1.54) is 6.08 Å². The van der Waals surface area contributed by atoms with Crippen LogP contribution in [-0.4, -0.2) is 26.8 Å². The number of methoxy groups -OCH3 is 2. The zero-order chi connectivity index (χ0) is 10.8. The van der Waals surface area contributed by atoms with Crippen molar-refractivity contribution < 1.29 is 19.0 Å². The smallest absolute Gasteiger partial charge is 0.330 e. The Labute approximate surface area is 84.8 Å². The van der Waals surface area contributed by atoms with Gasteiger partial charge in [0.2, 0.25) is 6.29 Å². The second-order valence-electron chi connectivity index (χ2n) is 2.55. The van der Waals surface area contributed by atoms with Gasteiger partial charge in [0.05, 0.1) is 6.61 Å². The third kappa shape index (κ3) is 6.62. The minimum Gasteiger partial charge on any atom is -0.463 e. The summed E-state index contributed by atoms with van der Waals surface area (Å²) in [6.07, 6.45) is 4.91. The van der Waals surface area contributed by atoms with Crippen LogP contribution in [0.4, 0.5) is 0 Å². The fraction of sp³-hybridized carbons (Fsp3) is 0.600. The zero-order valence-electron chi connectivity index (χ0n) is 8.91. The maximum atomic E-state index is 10.8. The average Bonchev–Trinajstić information content (AvgIpc) is 2.19. The van der Waals surface area contributed by atoms with Crippen molar-refractivity contribution in [2.75, 3.05) is 20.8 Å². The molecule has 0 saturated heterocycles. The third-order valence-electron chi connectivity index (χ3n) is 1.53. The fourth-order valence-corrected chi connectivity index (χ4v) is 0.861. The predicted molar refractivity (Wildman–Crippen MR) is 52.3 cm³/mol. The number of ether oxygens (including phenoxy) is 3. The molecule has 0 amide bonds. The topological polar surface area (TPSA) is 44.8 Å². The van der Waals surface area contributed by atoms with Crippen LogP contribution in [0.2, 0.25) is 0 Å². The van der Waals surface area contributed by atoms with E-state index >= 15 is 0 Å². The zero-order valence-corrected chi connectivity index (χ0v) is 8.91. The molecule has 0 aliphatic carbocycles. The lowest BCUT2D eigenvalue weighted by Crippen LogP contribution is -2.07. The molecule has 0 heterocycles. The molecule has 81 valence electrons. The van der Waals surface area contributed by atoms with E-state index in [-0.39, 0.29) is 5.97 Å². The quantitative estimate of drug-likeness (QED) is 0.357. The second kappa shape index (κ2) is 8.72. The molecule has 4 heteroatoms. The van der Waals surface area contributed by atoms with Crippen LogP contribution < -0.4 is 0 Å². The third-order valence-corrected chi connectivity index (χ3v) is 1.53. The number of carbonyl (C=O) groups excluding carboxylic acids is 1. The Morgan fingerprint density at radius 3 is 2.43 bits per heavy atom. The molecular formula is C10H17O4. The molecule has 0 aliphatic rings. The number of hydrogen-bond acceptors (Lipinski definition) is 4. The van der Waals surface area contributed by atoms with Gasteiger partial charge in [-0.3, -0.25) is 0 Å². The summed E-state index contributed by atoms with van der Waals surface area (Å²) < 4.78 is 14.7. The Morgan fingerprint density at radius 1 is 1.29 bits per heavy atom. The van der Waals surface area contributed by atoms with E-state index in [0.717, 1.165) is 0 Å². The summed E-state index contributed by atoms with van der Waals surface area (Å²) in [5, 5.41) is 0. The van der Waals surface area contributed by atoms with Gasteiger partial charge in [-0.25, -0.2) is 4.79 Å². The Hall–Kier alpha value is -0.870. The molecule has 0 rings (SSSR count). The molecule has 0 aromatic carbocycles. The molecule has 0 aliphatic heterocycles. The first-order valence-electron chi connectivity index (χ1n) is 4.47. The minimum absolute atomic E-state index is 0.316. The first kappa shape index (κ1) is 13.1. The molecule has 0 N–H and O–H groups in total. The summed E-state index contributed by atoms with van der Waals surface area (Å²) in [5.74, 6) is -0.316. The van der Waals surface area contributed by atoms with Gasteiger partial charge in [-0.05, 0) is 13.3 Å². The molecule has 0 unspecified atom stereocenters. The molecule has 0 spiro atoms. The Morgan fingerprint density at radius 2 is 1.93 bits per heavy atom. The highest BCUT2D eigenvalue weighted by Gasteiger charge is 2.06. The van der Waals surface area contributed by atoms with Crippen LogP contribution in [0.5, 0.6) is 0 Å². The van der Waals surface area contributed by atoms with E-state index in [1.807, 2.05) is 0 Å². The van der Waals surface area contributed by atoms with Crippen LogP contribution in [-0.2, 0) is 19.0 Å². The lowest BCUT2D eigenvalue weighted by molar-refractivity contribution is -0.138. The van der Waals surface area contributed by atoms with Gasteiger partial charge in [-0.2, -0.15) is 0 Å². The van der Waals surface area contributed by atoms with Gasteiger partial charge in [-0.15, -0.1) is 0 Å². The number of carbonyl (C=O) groups is 1. The van der Waals surface area contributed by atoms with Crippen molar-refractivity contribution in [3.05, 3.63) is 18.4 Å². The highest BCUT2D eigenvalue weighted by molar-refractivity contribution is 5.81. The summed E-state index contributed by atoms with van der Waals surface area (Å²) >= 11 is 0. The molecule has 0 aromatic heterocycles. The van der Waals surface area contributed by atoms with Crippen LogP contribution in [0, 0.1) is 6.29 Å². The van der Waals surface area contributed by atoms with E-state index < -0.39 is 0 Å². The number of allylic oxidation sites excluding steroid dienone is 1. The molecule has 0 bridgehead atoms. The normalized spacial score (nSPS) is 11.1. The van der Waals surface area contributed by atoms with E-state index in [1.54, 1.807) is 27.2 Å². The summed E-state index contributed by atoms with van der Waals surface area (Å²) in [6.45, 7) is 2.14. The maximum Gasteiger partial charge on any atom is 0.330 e.